The van der Waals surface area contributed by atoms with Crippen molar-refractivity contribution in [2.45, 2.75) is 26.2 Å². The molecule has 0 bridgehead atoms. The number of nitrogens with two attached hydrogens (primary N) is 1. The predicted molar refractivity (Wildman–Crippen MR) is 78.4 cm³/mol. The number of aromatic nitrogens is 2. The number of anilines is 1. The Hall–Kier alpha value is -2.21. The lowest BCUT2D eigenvalue weighted by Gasteiger charge is -2.39. The Morgan fingerprint density at radius 1 is 1.38 bits per heavy atom. The quantitative estimate of drug-likeness (QED) is 0.897. The maximum absolute atomic E-state index is 12.5. The summed E-state index contributed by atoms with van der Waals surface area (Å²) in [5.74, 6) is 0.863. The Labute approximate surface area is 122 Å². The summed E-state index contributed by atoms with van der Waals surface area (Å²) in [6.07, 6.45) is 2.74. The zero-order chi connectivity index (χ0) is 14.9. The number of hydrogen-bond acceptors (Lipinski definition) is 5. The van der Waals surface area contributed by atoms with Gasteiger partial charge in [0, 0.05) is 13.5 Å². The second-order valence-corrected chi connectivity index (χ2v) is 5.46. The molecule has 1 amide bonds. The Balaban J connectivity index is 1.88. The molecule has 6 heteroatoms. The van der Waals surface area contributed by atoms with Gasteiger partial charge in [-0.1, -0.05) is 18.6 Å². The minimum Gasteiger partial charge on any atom is -0.421 e. The molecule has 0 saturated heterocycles. The van der Waals surface area contributed by atoms with E-state index < -0.39 is 5.41 Å². The fourth-order valence-corrected chi connectivity index (χ4v) is 2.57. The van der Waals surface area contributed by atoms with Crippen LogP contribution >= 0.6 is 0 Å². The largest absolute Gasteiger partial charge is 0.421 e. The van der Waals surface area contributed by atoms with Crippen LogP contribution in [0.25, 0.3) is 11.5 Å². The van der Waals surface area contributed by atoms with Crippen LogP contribution in [0.1, 0.15) is 25.2 Å². The monoisotopic (exact) mass is 286 g/mol. The van der Waals surface area contributed by atoms with Gasteiger partial charge in [0.05, 0.1) is 16.7 Å². The number of carbonyl (C=O) groups is 1. The molecule has 21 heavy (non-hydrogen) atoms. The average molecular weight is 286 g/mol. The van der Waals surface area contributed by atoms with E-state index >= 15 is 0 Å². The second kappa shape index (κ2) is 5.29. The van der Waals surface area contributed by atoms with Crippen LogP contribution in [0.2, 0.25) is 0 Å². The fraction of sp³-hybridized carbons (Fsp3) is 0.400. The van der Waals surface area contributed by atoms with Gasteiger partial charge in [-0.15, -0.1) is 10.2 Å². The molecular formula is C15H18N4O2. The summed E-state index contributed by atoms with van der Waals surface area (Å²) in [5, 5.41) is 10.8. The average Bonchev–Trinajstić information content (AvgIpc) is 2.85. The highest BCUT2D eigenvalue weighted by Gasteiger charge is 2.43. The molecule has 3 N–H and O–H groups in total. The van der Waals surface area contributed by atoms with Crippen molar-refractivity contribution in [2.24, 2.45) is 11.1 Å². The molecule has 1 fully saturated rings. The molecule has 0 radical (unpaired) electrons. The summed E-state index contributed by atoms with van der Waals surface area (Å²) in [7, 11) is 0. The van der Waals surface area contributed by atoms with Gasteiger partial charge in [-0.3, -0.25) is 4.79 Å². The van der Waals surface area contributed by atoms with E-state index in [4.69, 9.17) is 10.2 Å². The highest BCUT2D eigenvalue weighted by Crippen LogP contribution is 2.41. The number of rotatable bonds is 4. The van der Waals surface area contributed by atoms with Crippen molar-refractivity contribution in [1.29, 1.82) is 0 Å². The van der Waals surface area contributed by atoms with Crippen LogP contribution in [0.4, 0.5) is 5.69 Å². The summed E-state index contributed by atoms with van der Waals surface area (Å²) in [6, 6.07) is 7.40. The molecule has 1 saturated carbocycles. The maximum atomic E-state index is 12.5. The highest BCUT2D eigenvalue weighted by molar-refractivity contribution is 5.98. The molecule has 2 aromatic rings. The standard InChI is InChI=1S/C15H18N4O2/c1-10-18-19-13(21-10)11-5-2-3-6-12(11)17-14(20)15(9-16)7-4-8-15/h2-3,5-6H,4,7-9,16H2,1H3,(H,17,20). The van der Waals surface area contributed by atoms with E-state index in [0.717, 1.165) is 24.8 Å². The first-order valence-electron chi connectivity index (χ1n) is 7.06. The lowest BCUT2D eigenvalue weighted by Crippen LogP contribution is -2.47. The van der Waals surface area contributed by atoms with Gasteiger partial charge >= 0.3 is 0 Å². The van der Waals surface area contributed by atoms with Gasteiger partial charge in [-0.2, -0.15) is 0 Å². The molecule has 0 unspecified atom stereocenters. The minimum absolute atomic E-state index is 0.0278. The zero-order valence-electron chi connectivity index (χ0n) is 11.9. The molecule has 1 aliphatic rings. The molecule has 3 rings (SSSR count). The van der Waals surface area contributed by atoms with Crippen molar-refractivity contribution >= 4 is 11.6 Å². The van der Waals surface area contributed by atoms with Crippen molar-refractivity contribution in [3.8, 4) is 11.5 Å². The first-order valence-corrected chi connectivity index (χ1v) is 7.06. The third-order valence-corrected chi connectivity index (χ3v) is 4.11. The molecule has 0 atom stereocenters. The lowest BCUT2D eigenvalue weighted by atomic mass is 9.68. The fourth-order valence-electron chi connectivity index (χ4n) is 2.57. The van der Waals surface area contributed by atoms with E-state index in [0.29, 0.717) is 24.0 Å². The molecule has 1 aromatic carbocycles. The van der Waals surface area contributed by atoms with Gasteiger partial charge in [0.15, 0.2) is 0 Å². The van der Waals surface area contributed by atoms with Crippen molar-refractivity contribution in [2.75, 3.05) is 11.9 Å². The second-order valence-electron chi connectivity index (χ2n) is 5.46. The topological polar surface area (TPSA) is 94.0 Å². The summed E-state index contributed by atoms with van der Waals surface area (Å²) in [6.45, 7) is 2.11. The number of amides is 1. The van der Waals surface area contributed by atoms with Gasteiger partial charge in [0.1, 0.15) is 0 Å². The molecular weight excluding hydrogens is 268 g/mol. The van der Waals surface area contributed by atoms with E-state index in [2.05, 4.69) is 15.5 Å². The third kappa shape index (κ3) is 2.42. The first-order chi connectivity index (χ1) is 10.1. The number of nitrogens with zero attached hydrogens (tertiary/aromatic N) is 2. The molecule has 1 aromatic heterocycles. The van der Waals surface area contributed by atoms with Crippen LogP contribution in [0, 0.1) is 12.3 Å². The minimum atomic E-state index is -0.419. The summed E-state index contributed by atoms with van der Waals surface area (Å²) in [5.41, 5.74) is 6.75. The van der Waals surface area contributed by atoms with Crippen LogP contribution in [0.15, 0.2) is 28.7 Å². The van der Waals surface area contributed by atoms with Crippen molar-refractivity contribution in [1.82, 2.24) is 10.2 Å². The van der Waals surface area contributed by atoms with Crippen LogP contribution < -0.4 is 11.1 Å². The molecule has 1 heterocycles. The molecule has 0 aliphatic heterocycles. The molecule has 0 spiro atoms. The van der Waals surface area contributed by atoms with Crippen molar-refractivity contribution < 1.29 is 9.21 Å². The van der Waals surface area contributed by atoms with E-state index in [1.807, 2.05) is 24.3 Å². The summed E-state index contributed by atoms with van der Waals surface area (Å²) >= 11 is 0. The number of para-hydroxylation sites is 1. The van der Waals surface area contributed by atoms with Crippen LogP contribution in [-0.4, -0.2) is 22.6 Å². The highest BCUT2D eigenvalue weighted by atomic mass is 16.4. The smallest absolute Gasteiger partial charge is 0.249 e. The van der Waals surface area contributed by atoms with Crippen LogP contribution in [-0.2, 0) is 4.79 Å². The van der Waals surface area contributed by atoms with Gasteiger partial charge in [-0.05, 0) is 25.0 Å². The molecule has 6 nitrogen and oxygen atoms in total. The van der Waals surface area contributed by atoms with Gasteiger partial charge in [0.25, 0.3) is 0 Å². The van der Waals surface area contributed by atoms with E-state index in [-0.39, 0.29) is 5.91 Å². The number of carbonyl (C=O) groups excluding carboxylic acids is 1. The third-order valence-electron chi connectivity index (χ3n) is 4.11. The number of aryl methyl sites for hydroxylation is 1. The van der Waals surface area contributed by atoms with Crippen molar-refractivity contribution in [3.05, 3.63) is 30.2 Å². The Bertz CT molecular complexity index is 656. The van der Waals surface area contributed by atoms with Gasteiger partial charge < -0.3 is 15.5 Å². The van der Waals surface area contributed by atoms with Gasteiger partial charge in [0.2, 0.25) is 17.7 Å². The Morgan fingerprint density at radius 2 is 2.14 bits per heavy atom. The normalized spacial score (nSPS) is 16.3. The van der Waals surface area contributed by atoms with Crippen LogP contribution in [0.5, 0.6) is 0 Å². The lowest BCUT2D eigenvalue weighted by molar-refractivity contribution is -0.129. The zero-order valence-corrected chi connectivity index (χ0v) is 11.9. The Kier molecular flexibility index (Phi) is 3.47. The van der Waals surface area contributed by atoms with E-state index in [1.54, 1.807) is 6.92 Å². The Morgan fingerprint density at radius 3 is 2.71 bits per heavy atom. The number of benzene rings is 1. The van der Waals surface area contributed by atoms with Crippen molar-refractivity contribution in [3.63, 3.8) is 0 Å². The summed E-state index contributed by atoms with van der Waals surface area (Å²) < 4.78 is 5.45. The predicted octanol–water partition coefficient (Wildman–Crippen LogP) is 2.11. The first kappa shape index (κ1) is 13.8. The number of nitrogens with one attached hydrogen (secondary N) is 1. The van der Waals surface area contributed by atoms with E-state index in [1.165, 1.54) is 0 Å². The molecule has 110 valence electrons. The molecule has 1 aliphatic carbocycles. The maximum Gasteiger partial charge on any atom is 0.249 e. The van der Waals surface area contributed by atoms with Crippen LogP contribution in [0.3, 0.4) is 0 Å². The number of hydrogen-bond donors (Lipinski definition) is 2. The summed E-state index contributed by atoms with van der Waals surface area (Å²) in [4.78, 5) is 12.5. The van der Waals surface area contributed by atoms with Gasteiger partial charge in [-0.25, -0.2) is 0 Å². The SMILES string of the molecule is Cc1nnc(-c2ccccc2NC(=O)C2(CN)CCC2)o1. The van der Waals surface area contributed by atoms with E-state index in [9.17, 15) is 4.79 Å².